The molecule has 0 atom stereocenters. The Morgan fingerprint density at radius 3 is 2.19 bits per heavy atom. The molecule has 1 aromatic carbocycles. The average Bonchev–Trinajstić information content (AvgIpc) is 2.64. The zero-order chi connectivity index (χ0) is 20.0. The lowest BCUT2D eigenvalue weighted by Gasteiger charge is -2.15. The van der Waals surface area contributed by atoms with E-state index in [-0.39, 0.29) is 11.6 Å². The monoisotopic (exact) mass is 374 g/mol. The molecule has 0 saturated carbocycles. The van der Waals surface area contributed by atoms with E-state index in [9.17, 15) is 4.79 Å². The van der Waals surface area contributed by atoms with Crippen LogP contribution in [0.3, 0.4) is 0 Å². The lowest BCUT2D eigenvalue weighted by atomic mass is 10.2. The molecule has 1 amide bonds. The van der Waals surface area contributed by atoms with Crippen LogP contribution < -0.4 is 24.8 Å². The number of rotatable bonds is 8. The first-order valence-corrected chi connectivity index (χ1v) is 8.58. The highest BCUT2D eigenvalue weighted by atomic mass is 16.5. The summed E-state index contributed by atoms with van der Waals surface area (Å²) in [7, 11) is 4.56. The van der Waals surface area contributed by atoms with Crippen LogP contribution in [-0.4, -0.2) is 43.7 Å². The second-order valence-electron chi connectivity index (χ2n) is 6.33. The van der Waals surface area contributed by atoms with Gasteiger partial charge in [0.15, 0.2) is 11.5 Å². The highest BCUT2D eigenvalue weighted by molar-refractivity contribution is 6.03. The predicted molar refractivity (Wildman–Crippen MR) is 104 cm³/mol. The summed E-state index contributed by atoms with van der Waals surface area (Å²) in [6.45, 7) is 6.69. The second kappa shape index (κ2) is 9.07. The zero-order valence-corrected chi connectivity index (χ0v) is 16.5. The van der Waals surface area contributed by atoms with E-state index < -0.39 is 0 Å². The molecule has 0 unspecified atom stereocenters. The van der Waals surface area contributed by atoms with Gasteiger partial charge in [0.05, 0.1) is 21.3 Å². The number of hydrogen-bond donors (Lipinski definition) is 2. The fourth-order valence-corrected chi connectivity index (χ4v) is 2.43. The van der Waals surface area contributed by atoms with Crippen LogP contribution in [0.5, 0.6) is 17.2 Å². The number of benzene rings is 1. The van der Waals surface area contributed by atoms with E-state index in [0.717, 1.165) is 6.54 Å². The third-order valence-electron chi connectivity index (χ3n) is 3.68. The van der Waals surface area contributed by atoms with E-state index in [0.29, 0.717) is 40.5 Å². The van der Waals surface area contributed by atoms with Crippen LogP contribution in [0, 0.1) is 12.8 Å². The van der Waals surface area contributed by atoms with Gasteiger partial charge in [-0.2, -0.15) is 0 Å². The molecule has 0 radical (unpaired) electrons. The van der Waals surface area contributed by atoms with Gasteiger partial charge in [-0.1, -0.05) is 13.8 Å². The molecule has 2 rings (SSSR count). The third kappa shape index (κ3) is 5.22. The van der Waals surface area contributed by atoms with Crippen molar-refractivity contribution in [2.45, 2.75) is 20.8 Å². The molecule has 0 aliphatic rings. The standard InChI is InChI=1S/C19H26N4O4/c1-11(2)10-20-17-9-14(21-12(3)22-17)19(24)23-13-7-15(25-4)18(27-6)16(8-13)26-5/h7-9,11H,10H2,1-6H3,(H,23,24)(H,20,21,22). The van der Waals surface area contributed by atoms with Crippen molar-refractivity contribution in [1.29, 1.82) is 0 Å². The minimum Gasteiger partial charge on any atom is -0.493 e. The molecule has 2 aromatic rings. The van der Waals surface area contributed by atoms with Crippen LogP contribution in [0.25, 0.3) is 0 Å². The molecule has 0 aliphatic heterocycles. The van der Waals surface area contributed by atoms with E-state index in [4.69, 9.17) is 14.2 Å². The Bertz CT molecular complexity index is 783. The van der Waals surface area contributed by atoms with Crippen LogP contribution in [-0.2, 0) is 0 Å². The Balaban J connectivity index is 2.26. The Labute approximate surface area is 159 Å². The first-order valence-electron chi connectivity index (χ1n) is 8.58. The summed E-state index contributed by atoms with van der Waals surface area (Å²) < 4.78 is 15.9. The highest BCUT2D eigenvalue weighted by Crippen LogP contribution is 2.40. The van der Waals surface area contributed by atoms with E-state index in [2.05, 4.69) is 34.4 Å². The highest BCUT2D eigenvalue weighted by Gasteiger charge is 2.16. The molecule has 8 heteroatoms. The molecule has 0 spiro atoms. The number of methoxy groups -OCH3 is 3. The summed E-state index contributed by atoms with van der Waals surface area (Å²) >= 11 is 0. The van der Waals surface area contributed by atoms with Crippen molar-refractivity contribution in [3.05, 3.63) is 29.7 Å². The van der Waals surface area contributed by atoms with Gasteiger partial charge >= 0.3 is 0 Å². The molecule has 1 aromatic heterocycles. The fourth-order valence-electron chi connectivity index (χ4n) is 2.43. The zero-order valence-electron chi connectivity index (χ0n) is 16.5. The molecular formula is C19H26N4O4. The number of nitrogens with zero attached hydrogens (tertiary/aromatic N) is 2. The average molecular weight is 374 g/mol. The predicted octanol–water partition coefficient (Wildman–Crippen LogP) is 3.13. The summed E-state index contributed by atoms with van der Waals surface area (Å²) in [5.74, 6) is 2.58. The van der Waals surface area contributed by atoms with Crippen LogP contribution in [0.1, 0.15) is 30.2 Å². The molecule has 27 heavy (non-hydrogen) atoms. The summed E-state index contributed by atoms with van der Waals surface area (Å²) in [6, 6.07) is 4.94. The van der Waals surface area contributed by atoms with Crippen molar-refractivity contribution in [1.82, 2.24) is 9.97 Å². The molecule has 146 valence electrons. The maximum Gasteiger partial charge on any atom is 0.274 e. The van der Waals surface area contributed by atoms with Crippen molar-refractivity contribution in [2.75, 3.05) is 38.5 Å². The van der Waals surface area contributed by atoms with E-state index >= 15 is 0 Å². The number of nitrogens with one attached hydrogen (secondary N) is 2. The van der Waals surface area contributed by atoms with Crippen molar-refractivity contribution in [3.63, 3.8) is 0 Å². The van der Waals surface area contributed by atoms with Gasteiger partial charge in [-0.15, -0.1) is 0 Å². The van der Waals surface area contributed by atoms with Gasteiger partial charge in [-0.3, -0.25) is 4.79 Å². The molecule has 2 N–H and O–H groups in total. The molecule has 0 bridgehead atoms. The van der Waals surface area contributed by atoms with E-state index in [1.807, 2.05) is 0 Å². The van der Waals surface area contributed by atoms with Gasteiger partial charge in [0, 0.05) is 30.4 Å². The maximum atomic E-state index is 12.7. The number of ether oxygens (including phenoxy) is 3. The smallest absolute Gasteiger partial charge is 0.274 e. The summed E-state index contributed by atoms with van der Waals surface area (Å²) in [4.78, 5) is 21.2. The molecule has 0 saturated heterocycles. The number of anilines is 2. The topological polar surface area (TPSA) is 94.6 Å². The number of amides is 1. The quantitative estimate of drug-likeness (QED) is 0.733. The molecule has 0 aliphatic carbocycles. The number of aryl methyl sites for hydroxylation is 1. The molecule has 0 fully saturated rings. The number of carbonyl (C=O) groups excluding carboxylic acids is 1. The lowest BCUT2D eigenvalue weighted by Crippen LogP contribution is -2.17. The van der Waals surface area contributed by atoms with E-state index in [1.165, 1.54) is 21.3 Å². The lowest BCUT2D eigenvalue weighted by molar-refractivity contribution is 0.102. The van der Waals surface area contributed by atoms with Crippen molar-refractivity contribution in [3.8, 4) is 17.2 Å². The van der Waals surface area contributed by atoms with Gasteiger partial charge < -0.3 is 24.8 Å². The van der Waals surface area contributed by atoms with Crippen LogP contribution in [0.15, 0.2) is 18.2 Å². The number of aromatic nitrogens is 2. The normalized spacial score (nSPS) is 10.5. The molecule has 8 nitrogen and oxygen atoms in total. The maximum absolute atomic E-state index is 12.7. The first-order chi connectivity index (χ1) is 12.9. The van der Waals surface area contributed by atoms with Crippen LogP contribution in [0.4, 0.5) is 11.5 Å². The largest absolute Gasteiger partial charge is 0.493 e. The number of hydrogen-bond acceptors (Lipinski definition) is 7. The second-order valence-corrected chi connectivity index (χ2v) is 6.33. The van der Waals surface area contributed by atoms with Crippen molar-refractivity contribution in [2.24, 2.45) is 5.92 Å². The number of carbonyl (C=O) groups is 1. The van der Waals surface area contributed by atoms with Gasteiger partial charge in [0.2, 0.25) is 5.75 Å². The van der Waals surface area contributed by atoms with Crippen molar-refractivity contribution < 1.29 is 19.0 Å². The van der Waals surface area contributed by atoms with E-state index in [1.54, 1.807) is 25.1 Å². The van der Waals surface area contributed by atoms with Gasteiger partial charge in [0.25, 0.3) is 5.91 Å². The van der Waals surface area contributed by atoms with Crippen molar-refractivity contribution >= 4 is 17.4 Å². The van der Waals surface area contributed by atoms with Gasteiger partial charge in [0.1, 0.15) is 17.3 Å². The minimum atomic E-state index is -0.359. The Kier molecular flexibility index (Phi) is 6.81. The van der Waals surface area contributed by atoms with Crippen LogP contribution >= 0.6 is 0 Å². The third-order valence-corrected chi connectivity index (χ3v) is 3.68. The summed E-state index contributed by atoms with van der Waals surface area (Å²) in [5.41, 5.74) is 0.768. The molecule has 1 heterocycles. The fraction of sp³-hybridized carbons (Fsp3) is 0.421. The summed E-state index contributed by atoms with van der Waals surface area (Å²) in [6.07, 6.45) is 0. The Morgan fingerprint density at radius 1 is 1.04 bits per heavy atom. The Morgan fingerprint density at radius 2 is 1.67 bits per heavy atom. The first kappa shape index (κ1) is 20.3. The van der Waals surface area contributed by atoms with Gasteiger partial charge in [-0.25, -0.2) is 9.97 Å². The van der Waals surface area contributed by atoms with Gasteiger partial charge in [-0.05, 0) is 12.8 Å². The SMILES string of the molecule is COc1cc(NC(=O)c2cc(NCC(C)C)nc(C)n2)cc(OC)c1OC. The minimum absolute atomic E-state index is 0.266. The Hall–Kier alpha value is -3.03. The molecular weight excluding hydrogens is 348 g/mol. The van der Waals surface area contributed by atoms with Crippen LogP contribution in [0.2, 0.25) is 0 Å². The summed E-state index contributed by atoms with van der Waals surface area (Å²) in [5, 5.41) is 6.01.